The van der Waals surface area contributed by atoms with Gasteiger partial charge in [-0.2, -0.15) is 0 Å². The van der Waals surface area contributed by atoms with E-state index < -0.39 is 0 Å². The van der Waals surface area contributed by atoms with E-state index in [1.54, 1.807) is 6.07 Å². The van der Waals surface area contributed by atoms with Gasteiger partial charge in [-0.05, 0) is 66.7 Å². The Morgan fingerprint density at radius 1 is 1.45 bits per heavy atom. The van der Waals surface area contributed by atoms with Gasteiger partial charge in [0, 0.05) is 23.8 Å². The molecule has 1 spiro atoms. The molecule has 2 aliphatic carbocycles. The molecule has 2 saturated carbocycles. The van der Waals surface area contributed by atoms with E-state index in [1.807, 2.05) is 13.0 Å². The van der Waals surface area contributed by atoms with Crippen molar-refractivity contribution in [3.8, 4) is 0 Å². The molecule has 1 N–H and O–H groups in total. The SMILES string of the molecule is CCOC1CC(Nc2cc(F)c(Br)cc2C)C12CCC2. The van der Waals surface area contributed by atoms with Gasteiger partial charge in [0.1, 0.15) is 5.82 Å². The van der Waals surface area contributed by atoms with Crippen molar-refractivity contribution in [1.29, 1.82) is 0 Å². The summed E-state index contributed by atoms with van der Waals surface area (Å²) in [7, 11) is 0. The van der Waals surface area contributed by atoms with Crippen molar-refractivity contribution < 1.29 is 9.13 Å². The van der Waals surface area contributed by atoms with Crippen LogP contribution in [-0.2, 0) is 4.74 Å². The molecule has 1 aromatic rings. The zero-order chi connectivity index (χ0) is 14.3. The topological polar surface area (TPSA) is 21.3 Å². The van der Waals surface area contributed by atoms with E-state index in [2.05, 4.69) is 28.2 Å². The summed E-state index contributed by atoms with van der Waals surface area (Å²) in [6.45, 7) is 4.85. The minimum Gasteiger partial charge on any atom is -0.381 e. The fraction of sp³-hybridized carbons (Fsp3) is 0.625. The lowest BCUT2D eigenvalue weighted by atomic mass is 9.51. The van der Waals surface area contributed by atoms with Crippen LogP contribution >= 0.6 is 15.9 Å². The second-order valence-electron chi connectivity index (χ2n) is 6.04. The average Bonchev–Trinajstić information content (AvgIpc) is 2.32. The normalized spacial score (nSPS) is 27.0. The highest BCUT2D eigenvalue weighted by atomic mass is 79.9. The third kappa shape index (κ3) is 2.17. The zero-order valence-corrected chi connectivity index (χ0v) is 13.6. The summed E-state index contributed by atoms with van der Waals surface area (Å²) in [5.74, 6) is -0.207. The highest BCUT2D eigenvalue weighted by molar-refractivity contribution is 9.10. The molecule has 2 atom stereocenters. The molecule has 0 aromatic heterocycles. The first kappa shape index (κ1) is 14.3. The molecule has 0 saturated heterocycles. The van der Waals surface area contributed by atoms with Crippen LogP contribution < -0.4 is 5.32 Å². The molecular weight excluding hydrogens is 321 g/mol. The number of anilines is 1. The van der Waals surface area contributed by atoms with Crippen molar-refractivity contribution in [1.82, 2.24) is 0 Å². The molecule has 0 amide bonds. The Hall–Kier alpha value is -0.610. The Kier molecular flexibility index (Phi) is 3.80. The molecule has 0 aliphatic heterocycles. The van der Waals surface area contributed by atoms with Crippen molar-refractivity contribution in [2.75, 3.05) is 11.9 Å². The lowest BCUT2D eigenvalue weighted by Crippen LogP contribution is -2.64. The largest absolute Gasteiger partial charge is 0.381 e. The van der Waals surface area contributed by atoms with Crippen LogP contribution in [0.4, 0.5) is 10.1 Å². The fourth-order valence-electron chi connectivity index (χ4n) is 3.63. The van der Waals surface area contributed by atoms with Gasteiger partial charge in [-0.15, -0.1) is 0 Å². The van der Waals surface area contributed by atoms with Crippen LogP contribution in [0.25, 0.3) is 0 Å². The van der Waals surface area contributed by atoms with Gasteiger partial charge in [-0.3, -0.25) is 0 Å². The maximum atomic E-state index is 13.7. The van der Waals surface area contributed by atoms with E-state index in [-0.39, 0.29) is 5.82 Å². The molecular formula is C16H21BrFNO. The number of hydrogen-bond acceptors (Lipinski definition) is 2. The Morgan fingerprint density at radius 3 is 2.80 bits per heavy atom. The van der Waals surface area contributed by atoms with Crippen molar-refractivity contribution >= 4 is 21.6 Å². The van der Waals surface area contributed by atoms with Gasteiger partial charge in [0.15, 0.2) is 0 Å². The molecule has 2 aliphatic rings. The van der Waals surface area contributed by atoms with Gasteiger partial charge in [-0.25, -0.2) is 4.39 Å². The molecule has 2 unspecified atom stereocenters. The van der Waals surface area contributed by atoms with Gasteiger partial charge in [-0.1, -0.05) is 6.42 Å². The molecule has 20 heavy (non-hydrogen) atoms. The summed E-state index contributed by atoms with van der Waals surface area (Å²) in [6, 6.07) is 3.86. The number of ether oxygens (including phenoxy) is 1. The molecule has 2 fully saturated rings. The van der Waals surface area contributed by atoms with Crippen molar-refractivity contribution in [3.63, 3.8) is 0 Å². The molecule has 0 bridgehead atoms. The van der Waals surface area contributed by atoms with E-state index in [0.29, 0.717) is 22.0 Å². The summed E-state index contributed by atoms with van der Waals surface area (Å²) in [6.07, 6.45) is 5.17. The van der Waals surface area contributed by atoms with Gasteiger partial charge >= 0.3 is 0 Å². The van der Waals surface area contributed by atoms with Gasteiger partial charge < -0.3 is 10.1 Å². The summed E-state index contributed by atoms with van der Waals surface area (Å²) in [5, 5.41) is 3.56. The zero-order valence-electron chi connectivity index (χ0n) is 12.0. The molecule has 2 nitrogen and oxygen atoms in total. The minimum absolute atomic E-state index is 0.207. The lowest BCUT2D eigenvalue weighted by Gasteiger charge is -2.61. The van der Waals surface area contributed by atoms with Crippen LogP contribution in [-0.4, -0.2) is 18.8 Å². The van der Waals surface area contributed by atoms with Crippen LogP contribution in [0, 0.1) is 18.2 Å². The third-order valence-electron chi connectivity index (χ3n) is 5.03. The minimum atomic E-state index is -0.207. The third-order valence-corrected chi connectivity index (χ3v) is 5.64. The van der Waals surface area contributed by atoms with E-state index in [9.17, 15) is 4.39 Å². The Balaban J connectivity index is 1.74. The Labute approximate surface area is 128 Å². The number of benzene rings is 1. The number of hydrogen-bond donors (Lipinski definition) is 1. The summed E-state index contributed by atoms with van der Waals surface area (Å²) in [4.78, 5) is 0. The predicted octanol–water partition coefficient (Wildman–Crippen LogP) is 4.66. The standard InChI is InChI=1S/C16H21BrFNO/c1-3-20-15-9-14(16(15)5-4-6-16)19-13-8-12(18)11(17)7-10(13)2/h7-8,14-15,19H,3-6,9H2,1-2H3. The van der Waals surface area contributed by atoms with Crippen LogP contribution in [0.2, 0.25) is 0 Å². The Morgan fingerprint density at radius 2 is 2.20 bits per heavy atom. The van der Waals surface area contributed by atoms with Crippen molar-refractivity contribution in [2.24, 2.45) is 5.41 Å². The summed E-state index contributed by atoms with van der Waals surface area (Å²) >= 11 is 3.23. The first-order valence-corrected chi connectivity index (χ1v) is 8.20. The lowest BCUT2D eigenvalue weighted by molar-refractivity contribution is -0.157. The highest BCUT2D eigenvalue weighted by Gasteiger charge is 2.58. The van der Waals surface area contributed by atoms with E-state index in [4.69, 9.17) is 4.74 Å². The average molecular weight is 342 g/mol. The van der Waals surface area contributed by atoms with E-state index in [1.165, 1.54) is 19.3 Å². The molecule has 1 aromatic carbocycles. The van der Waals surface area contributed by atoms with Gasteiger partial charge in [0.2, 0.25) is 0 Å². The van der Waals surface area contributed by atoms with Gasteiger partial charge in [0.05, 0.1) is 10.6 Å². The number of halogens is 2. The van der Waals surface area contributed by atoms with Crippen LogP contribution in [0.3, 0.4) is 0 Å². The second-order valence-corrected chi connectivity index (χ2v) is 6.90. The number of aryl methyl sites for hydroxylation is 1. The first-order valence-electron chi connectivity index (χ1n) is 7.40. The van der Waals surface area contributed by atoms with Gasteiger partial charge in [0.25, 0.3) is 0 Å². The number of rotatable bonds is 4. The maximum absolute atomic E-state index is 13.7. The van der Waals surface area contributed by atoms with Crippen LogP contribution in [0.5, 0.6) is 0 Å². The molecule has 0 heterocycles. The molecule has 110 valence electrons. The molecule has 3 rings (SSSR count). The van der Waals surface area contributed by atoms with E-state index >= 15 is 0 Å². The number of nitrogens with one attached hydrogen (secondary N) is 1. The first-order chi connectivity index (χ1) is 9.56. The monoisotopic (exact) mass is 341 g/mol. The fourth-order valence-corrected chi connectivity index (χ4v) is 4.09. The predicted molar refractivity (Wildman–Crippen MR) is 82.6 cm³/mol. The van der Waals surface area contributed by atoms with E-state index in [0.717, 1.165) is 24.3 Å². The maximum Gasteiger partial charge on any atom is 0.139 e. The summed E-state index contributed by atoms with van der Waals surface area (Å²) in [5.41, 5.74) is 2.29. The highest BCUT2D eigenvalue weighted by Crippen LogP contribution is 2.58. The van der Waals surface area contributed by atoms with Crippen LogP contribution in [0.1, 0.15) is 38.2 Å². The smallest absolute Gasteiger partial charge is 0.139 e. The Bertz CT molecular complexity index is 515. The molecule has 4 heteroatoms. The van der Waals surface area contributed by atoms with Crippen molar-refractivity contribution in [2.45, 2.75) is 51.7 Å². The second kappa shape index (κ2) is 5.30. The summed E-state index contributed by atoms with van der Waals surface area (Å²) < 4.78 is 20.1. The quantitative estimate of drug-likeness (QED) is 0.860. The van der Waals surface area contributed by atoms with Crippen LogP contribution in [0.15, 0.2) is 16.6 Å². The molecule has 0 radical (unpaired) electrons. The van der Waals surface area contributed by atoms with Crippen molar-refractivity contribution in [3.05, 3.63) is 28.0 Å².